The van der Waals surface area contributed by atoms with Crippen molar-refractivity contribution in [1.29, 1.82) is 0 Å². The monoisotopic (exact) mass is 398 g/mol. The summed E-state index contributed by atoms with van der Waals surface area (Å²) in [4.78, 5) is 21.7. The second-order valence-corrected chi connectivity index (χ2v) is 5.74. The molecule has 2 aromatic carbocycles. The third-order valence-electron chi connectivity index (χ3n) is 3.56. The molecule has 0 unspecified atom stereocenters. The van der Waals surface area contributed by atoms with Crippen molar-refractivity contribution >= 4 is 11.6 Å². The molecule has 1 amide bonds. The number of nitrogens with one attached hydrogen (secondary N) is 1. The summed E-state index contributed by atoms with van der Waals surface area (Å²) in [6, 6.07) is 9.14. The molecule has 10 heteroatoms. The number of hydrogen-bond acceptors (Lipinski definition) is 5. The summed E-state index contributed by atoms with van der Waals surface area (Å²) in [5, 5.41) is 13.4. The first kappa shape index (κ1) is 21.0. The van der Waals surface area contributed by atoms with E-state index in [1.165, 1.54) is 0 Å². The molecular formula is C18H17F3N2O5. The Labute approximate surface area is 158 Å². The number of ether oxygens (including phenoxy) is 2. The molecule has 0 radical (unpaired) electrons. The highest BCUT2D eigenvalue weighted by Crippen LogP contribution is 2.35. The standard InChI is InChI=1S/C18H17F3N2O5/c1-12-2-5-14(6-3-12)27-9-8-22-17(24)11-28-16-7-4-13(18(19,20)21)10-15(16)23(25)26/h2-7,10H,8-9,11H2,1H3,(H,22,24). The quantitative estimate of drug-likeness (QED) is 0.418. The molecule has 150 valence electrons. The molecule has 0 heterocycles. The first-order valence-electron chi connectivity index (χ1n) is 8.11. The summed E-state index contributed by atoms with van der Waals surface area (Å²) in [7, 11) is 0. The van der Waals surface area contributed by atoms with Crippen molar-refractivity contribution in [2.24, 2.45) is 0 Å². The zero-order valence-electron chi connectivity index (χ0n) is 14.8. The molecule has 1 N–H and O–H groups in total. The van der Waals surface area contributed by atoms with Crippen molar-refractivity contribution in [3.63, 3.8) is 0 Å². The summed E-state index contributed by atoms with van der Waals surface area (Å²) in [5.74, 6) is -0.387. The fourth-order valence-electron chi connectivity index (χ4n) is 2.15. The van der Waals surface area contributed by atoms with Gasteiger partial charge in [-0.2, -0.15) is 13.2 Å². The van der Waals surface area contributed by atoms with E-state index < -0.39 is 40.6 Å². The number of nitro benzene ring substituents is 1. The number of nitrogens with zero attached hydrogens (tertiary/aromatic N) is 1. The van der Waals surface area contributed by atoms with Crippen LogP contribution in [0.2, 0.25) is 0 Å². The number of hydrogen-bond donors (Lipinski definition) is 1. The lowest BCUT2D eigenvalue weighted by molar-refractivity contribution is -0.386. The van der Waals surface area contributed by atoms with Crippen molar-refractivity contribution in [3.8, 4) is 11.5 Å². The molecule has 0 spiro atoms. The summed E-state index contributed by atoms with van der Waals surface area (Å²) in [6.45, 7) is 1.70. The van der Waals surface area contributed by atoms with Crippen LogP contribution in [0.3, 0.4) is 0 Å². The van der Waals surface area contributed by atoms with Gasteiger partial charge in [-0.1, -0.05) is 17.7 Å². The molecule has 0 atom stereocenters. The molecule has 0 fully saturated rings. The minimum absolute atomic E-state index is 0.158. The lowest BCUT2D eigenvalue weighted by Crippen LogP contribution is -2.32. The zero-order valence-corrected chi connectivity index (χ0v) is 14.8. The Bertz CT molecular complexity index is 838. The van der Waals surface area contributed by atoms with E-state index in [4.69, 9.17) is 9.47 Å². The van der Waals surface area contributed by atoms with Gasteiger partial charge in [0.15, 0.2) is 12.4 Å². The lowest BCUT2D eigenvalue weighted by atomic mass is 10.2. The van der Waals surface area contributed by atoms with Crippen LogP contribution in [0, 0.1) is 17.0 Å². The fourth-order valence-corrected chi connectivity index (χ4v) is 2.15. The largest absolute Gasteiger partial charge is 0.492 e. The summed E-state index contributed by atoms with van der Waals surface area (Å²) in [6.07, 6.45) is -4.72. The molecule has 2 aromatic rings. The maximum Gasteiger partial charge on any atom is 0.416 e. The van der Waals surface area contributed by atoms with Gasteiger partial charge in [0.1, 0.15) is 12.4 Å². The van der Waals surface area contributed by atoms with E-state index in [0.29, 0.717) is 17.9 Å². The SMILES string of the molecule is Cc1ccc(OCCNC(=O)COc2ccc(C(F)(F)F)cc2[N+](=O)[O-])cc1. The van der Waals surface area contributed by atoms with Crippen LogP contribution in [0.15, 0.2) is 42.5 Å². The topological polar surface area (TPSA) is 90.7 Å². The summed E-state index contributed by atoms with van der Waals surface area (Å²) >= 11 is 0. The van der Waals surface area contributed by atoms with Gasteiger partial charge in [-0.25, -0.2) is 0 Å². The highest BCUT2D eigenvalue weighted by molar-refractivity contribution is 5.77. The highest BCUT2D eigenvalue weighted by atomic mass is 19.4. The molecule has 0 aliphatic heterocycles. The molecule has 2 rings (SSSR count). The summed E-state index contributed by atoms with van der Waals surface area (Å²) in [5.41, 5.74) is -0.968. The maximum absolute atomic E-state index is 12.7. The average Bonchev–Trinajstić information content (AvgIpc) is 2.64. The maximum atomic E-state index is 12.7. The van der Waals surface area contributed by atoms with E-state index in [2.05, 4.69) is 5.32 Å². The van der Waals surface area contributed by atoms with Crippen LogP contribution in [-0.4, -0.2) is 30.6 Å². The van der Waals surface area contributed by atoms with Crippen LogP contribution in [-0.2, 0) is 11.0 Å². The van der Waals surface area contributed by atoms with E-state index >= 15 is 0 Å². The number of rotatable bonds is 8. The number of carbonyl (C=O) groups excluding carboxylic acids is 1. The first-order chi connectivity index (χ1) is 13.2. The number of nitro groups is 1. The molecule has 0 bridgehead atoms. The lowest BCUT2D eigenvalue weighted by Gasteiger charge is -2.11. The molecule has 28 heavy (non-hydrogen) atoms. The minimum Gasteiger partial charge on any atom is -0.492 e. The molecule has 7 nitrogen and oxygen atoms in total. The Kier molecular flexibility index (Phi) is 6.80. The Morgan fingerprint density at radius 3 is 2.43 bits per heavy atom. The number of halogens is 3. The van der Waals surface area contributed by atoms with Gasteiger partial charge in [-0.3, -0.25) is 14.9 Å². The average molecular weight is 398 g/mol. The fraction of sp³-hybridized carbons (Fsp3) is 0.278. The van der Waals surface area contributed by atoms with Gasteiger partial charge in [0.05, 0.1) is 17.0 Å². The second kappa shape index (κ2) is 9.07. The Balaban J connectivity index is 1.83. The van der Waals surface area contributed by atoms with E-state index in [9.17, 15) is 28.1 Å². The van der Waals surface area contributed by atoms with Gasteiger partial charge in [-0.05, 0) is 31.2 Å². The van der Waals surface area contributed by atoms with Crippen molar-refractivity contribution in [2.45, 2.75) is 13.1 Å². The van der Waals surface area contributed by atoms with Gasteiger partial charge in [0.25, 0.3) is 5.91 Å². The van der Waals surface area contributed by atoms with Crippen LogP contribution in [0.4, 0.5) is 18.9 Å². The molecule has 0 aliphatic carbocycles. The highest BCUT2D eigenvalue weighted by Gasteiger charge is 2.33. The van der Waals surface area contributed by atoms with E-state index in [0.717, 1.165) is 11.6 Å². The molecule has 0 aromatic heterocycles. The third kappa shape index (κ3) is 6.15. The zero-order chi connectivity index (χ0) is 20.7. The van der Waals surface area contributed by atoms with Gasteiger partial charge in [0.2, 0.25) is 0 Å². The van der Waals surface area contributed by atoms with Gasteiger partial charge in [-0.15, -0.1) is 0 Å². The predicted molar refractivity (Wildman–Crippen MR) is 93.3 cm³/mol. The van der Waals surface area contributed by atoms with E-state index in [1.54, 1.807) is 12.1 Å². The van der Waals surface area contributed by atoms with Crippen molar-refractivity contribution in [3.05, 3.63) is 63.7 Å². The first-order valence-corrected chi connectivity index (χ1v) is 8.11. The summed E-state index contributed by atoms with van der Waals surface area (Å²) < 4.78 is 48.4. The second-order valence-electron chi connectivity index (χ2n) is 5.74. The van der Waals surface area contributed by atoms with Gasteiger partial charge < -0.3 is 14.8 Å². The third-order valence-corrected chi connectivity index (χ3v) is 3.56. The van der Waals surface area contributed by atoms with Crippen LogP contribution in [0.25, 0.3) is 0 Å². The van der Waals surface area contributed by atoms with E-state index in [1.807, 2.05) is 19.1 Å². The Morgan fingerprint density at radius 2 is 1.82 bits per heavy atom. The van der Waals surface area contributed by atoms with Crippen LogP contribution < -0.4 is 14.8 Å². The van der Waals surface area contributed by atoms with Gasteiger partial charge in [0, 0.05) is 6.07 Å². The Hall–Kier alpha value is -3.30. The van der Waals surface area contributed by atoms with Crippen molar-refractivity contribution in [2.75, 3.05) is 19.8 Å². The van der Waals surface area contributed by atoms with Gasteiger partial charge >= 0.3 is 11.9 Å². The normalized spacial score (nSPS) is 11.0. The molecular weight excluding hydrogens is 381 g/mol. The van der Waals surface area contributed by atoms with Crippen molar-refractivity contribution in [1.82, 2.24) is 5.32 Å². The van der Waals surface area contributed by atoms with Crippen LogP contribution in [0.5, 0.6) is 11.5 Å². The number of benzene rings is 2. The number of aryl methyl sites for hydroxylation is 1. The minimum atomic E-state index is -4.72. The van der Waals surface area contributed by atoms with Crippen molar-refractivity contribution < 1.29 is 32.4 Å². The van der Waals surface area contributed by atoms with E-state index in [-0.39, 0.29) is 13.2 Å². The number of alkyl halides is 3. The number of amides is 1. The molecule has 0 saturated carbocycles. The van der Waals surface area contributed by atoms with Crippen LogP contribution >= 0.6 is 0 Å². The Morgan fingerprint density at radius 1 is 1.14 bits per heavy atom. The van der Waals surface area contributed by atoms with Crippen LogP contribution in [0.1, 0.15) is 11.1 Å². The number of carbonyl (C=O) groups is 1. The molecule has 0 aliphatic rings. The molecule has 0 saturated heterocycles. The predicted octanol–water partition coefficient (Wildman–Crippen LogP) is 3.50. The smallest absolute Gasteiger partial charge is 0.416 e.